The van der Waals surface area contributed by atoms with Gasteiger partial charge in [-0.3, -0.25) is 0 Å². The van der Waals surface area contributed by atoms with Crippen molar-refractivity contribution in [3.8, 4) is 5.75 Å². The molecule has 1 unspecified atom stereocenters. The molecule has 1 aliphatic rings. The quantitative estimate of drug-likeness (QED) is 0.898. The molecule has 1 atom stereocenters. The molecular formula is C19H19FO4. The fourth-order valence-corrected chi connectivity index (χ4v) is 2.38. The fraction of sp³-hybridized carbons (Fsp3) is 0.263. The van der Waals surface area contributed by atoms with Crippen LogP contribution in [0.2, 0.25) is 0 Å². The third-order valence-electron chi connectivity index (χ3n) is 3.55. The maximum atomic E-state index is 13.9. The second kappa shape index (κ2) is 6.53. The van der Waals surface area contributed by atoms with E-state index in [0.717, 1.165) is 5.56 Å². The number of benzene rings is 2. The maximum absolute atomic E-state index is 13.9. The third-order valence-corrected chi connectivity index (χ3v) is 3.55. The molecule has 1 N–H and O–H groups in total. The molecule has 0 bridgehead atoms. The van der Waals surface area contributed by atoms with E-state index >= 15 is 0 Å². The Kier molecular flexibility index (Phi) is 4.44. The predicted octanol–water partition coefficient (Wildman–Crippen LogP) is 4.06. The molecule has 0 fully saturated rings. The molecule has 24 heavy (non-hydrogen) atoms. The number of aliphatic hydroxyl groups excluding tert-OH is 1. The SMILES string of the molecule is CC1(C)OC=C(C(O)c2cc(F)cc(OCc3ccccc3)c2)O1. The molecule has 0 spiro atoms. The van der Waals surface area contributed by atoms with Gasteiger partial charge in [0.2, 0.25) is 5.79 Å². The van der Waals surface area contributed by atoms with Crippen molar-refractivity contribution in [1.29, 1.82) is 0 Å². The molecule has 2 aromatic carbocycles. The van der Waals surface area contributed by atoms with Crippen molar-refractivity contribution in [1.82, 2.24) is 0 Å². The highest BCUT2D eigenvalue weighted by molar-refractivity contribution is 5.34. The Balaban J connectivity index is 1.74. The number of halogens is 1. The van der Waals surface area contributed by atoms with Crippen LogP contribution >= 0.6 is 0 Å². The highest BCUT2D eigenvalue weighted by atomic mass is 19.1. The van der Waals surface area contributed by atoms with Gasteiger partial charge in [0, 0.05) is 19.9 Å². The third kappa shape index (κ3) is 3.86. The van der Waals surface area contributed by atoms with Gasteiger partial charge in [-0.1, -0.05) is 30.3 Å². The van der Waals surface area contributed by atoms with Gasteiger partial charge in [-0.15, -0.1) is 0 Å². The molecule has 0 aliphatic carbocycles. The van der Waals surface area contributed by atoms with Crippen molar-refractivity contribution in [3.05, 3.63) is 77.5 Å². The molecule has 0 saturated heterocycles. The molecule has 0 aromatic heterocycles. The number of rotatable bonds is 5. The normalized spacial score (nSPS) is 16.8. The Hall–Kier alpha value is -2.53. The molecule has 126 valence electrons. The molecule has 0 radical (unpaired) electrons. The first kappa shape index (κ1) is 16.3. The number of aliphatic hydroxyl groups is 1. The van der Waals surface area contributed by atoms with Crippen LogP contribution in [0.1, 0.15) is 31.1 Å². The maximum Gasteiger partial charge on any atom is 0.244 e. The van der Waals surface area contributed by atoms with Crippen molar-refractivity contribution in [2.75, 3.05) is 0 Å². The minimum absolute atomic E-state index is 0.236. The fourth-order valence-electron chi connectivity index (χ4n) is 2.38. The van der Waals surface area contributed by atoms with Crippen molar-refractivity contribution < 1.29 is 23.7 Å². The lowest BCUT2D eigenvalue weighted by Crippen LogP contribution is -2.21. The van der Waals surface area contributed by atoms with Crippen molar-refractivity contribution in [2.24, 2.45) is 0 Å². The van der Waals surface area contributed by atoms with Crippen molar-refractivity contribution in [3.63, 3.8) is 0 Å². The van der Waals surface area contributed by atoms with Gasteiger partial charge in [0.15, 0.2) is 5.76 Å². The van der Waals surface area contributed by atoms with Crippen LogP contribution in [-0.4, -0.2) is 10.9 Å². The van der Waals surface area contributed by atoms with Gasteiger partial charge in [0.25, 0.3) is 0 Å². The minimum Gasteiger partial charge on any atom is -0.489 e. The summed E-state index contributed by atoms with van der Waals surface area (Å²) in [5, 5.41) is 10.4. The van der Waals surface area contributed by atoms with Crippen LogP contribution in [0.15, 0.2) is 60.6 Å². The first-order valence-electron chi connectivity index (χ1n) is 7.65. The minimum atomic E-state index is -1.12. The molecule has 2 aromatic rings. The first-order chi connectivity index (χ1) is 11.4. The van der Waals surface area contributed by atoms with E-state index < -0.39 is 17.7 Å². The van der Waals surface area contributed by atoms with Crippen molar-refractivity contribution in [2.45, 2.75) is 32.3 Å². The summed E-state index contributed by atoms with van der Waals surface area (Å²) in [7, 11) is 0. The van der Waals surface area contributed by atoms with E-state index in [4.69, 9.17) is 14.2 Å². The van der Waals surface area contributed by atoms with E-state index in [1.807, 2.05) is 30.3 Å². The first-order valence-corrected chi connectivity index (χ1v) is 7.65. The van der Waals surface area contributed by atoms with Gasteiger partial charge in [0.05, 0.1) is 0 Å². The summed E-state index contributed by atoms with van der Waals surface area (Å²) in [5.41, 5.74) is 1.31. The standard InChI is InChI=1S/C19H19FO4/c1-19(2)23-12-17(24-19)18(21)14-8-15(20)10-16(9-14)22-11-13-6-4-3-5-7-13/h3-10,12,18,21H,11H2,1-2H3. The zero-order valence-electron chi connectivity index (χ0n) is 13.5. The lowest BCUT2D eigenvalue weighted by Gasteiger charge is -2.20. The lowest BCUT2D eigenvalue weighted by atomic mass is 10.1. The van der Waals surface area contributed by atoms with E-state index in [1.54, 1.807) is 19.9 Å². The summed E-state index contributed by atoms with van der Waals surface area (Å²) in [5.74, 6) is -0.754. The Bertz CT molecular complexity index is 740. The van der Waals surface area contributed by atoms with Crippen LogP contribution in [-0.2, 0) is 16.1 Å². The zero-order chi connectivity index (χ0) is 17.2. The molecule has 1 heterocycles. The summed E-state index contributed by atoms with van der Waals surface area (Å²) in [6, 6.07) is 13.7. The average Bonchev–Trinajstić information content (AvgIpc) is 2.93. The molecule has 4 nitrogen and oxygen atoms in total. The second-order valence-electron chi connectivity index (χ2n) is 6.04. The van der Waals surface area contributed by atoms with Crippen LogP contribution in [0.25, 0.3) is 0 Å². The molecule has 1 aliphatic heterocycles. The Morgan fingerprint density at radius 2 is 1.92 bits per heavy atom. The number of hydrogen-bond acceptors (Lipinski definition) is 4. The summed E-state index contributed by atoms with van der Waals surface area (Å²) in [4.78, 5) is 0. The van der Waals surface area contributed by atoms with Gasteiger partial charge < -0.3 is 19.3 Å². The van der Waals surface area contributed by atoms with E-state index in [1.165, 1.54) is 18.4 Å². The zero-order valence-corrected chi connectivity index (χ0v) is 13.5. The average molecular weight is 330 g/mol. The number of ether oxygens (including phenoxy) is 3. The topological polar surface area (TPSA) is 47.9 Å². The van der Waals surface area contributed by atoms with Crippen LogP contribution in [0.5, 0.6) is 5.75 Å². The van der Waals surface area contributed by atoms with E-state index in [2.05, 4.69) is 0 Å². The Morgan fingerprint density at radius 3 is 2.58 bits per heavy atom. The van der Waals surface area contributed by atoms with Crippen LogP contribution < -0.4 is 4.74 Å². The summed E-state index contributed by atoms with van der Waals surface area (Å²) < 4.78 is 30.3. The Labute approximate surface area is 140 Å². The Morgan fingerprint density at radius 1 is 1.17 bits per heavy atom. The number of hydrogen-bond donors (Lipinski definition) is 1. The highest BCUT2D eigenvalue weighted by Gasteiger charge is 2.32. The van der Waals surface area contributed by atoms with E-state index in [9.17, 15) is 9.50 Å². The molecule has 0 saturated carbocycles. The summed E-state index contributed by atoms with van der Waals surface area (Å²) in [6.07, 6.45) is 0.224. The summed E-state index contributed by atoms with van der Waals surface area (Å²) in [6.45, 7) is 3.77. The summed E-state index contributed by atoms with van der Waals surface area (Å²) >= 11 is 0. The van der Waals surface area contributed by atoms with Crippen LogP contribution in [0, 0.1) is 5.82 Å². The van der Waals surface area contributed by atoms with E-state index in [0.29, 0.717) is 17.9 Å². The van der Waals surface area contributed by atoms with Gasteiger partial charge in [-0.05, 0) is 23.3 Å². The molecule has 3 rings (SSSR count). The largest absolute Gasteiger partial charge is 0.489 e. The monoisotopic (exact) mass is 330 g/mol. The van der Waals surface area contributed by atoms with Gasteiger partial charge in [-0.25, -0.2) is 4.39 Å². The predicted molar refractivity (Wildman–Crippen MR) is 86.5 cm³/mol. The lowest BCUT2D eigenvalue weighted by molar-refractivity contribution is -0.125. The smallest absolute Gasteiger partial charge is 0.244 e. The van der Waals surface area contributed by atoms with E-state index in [-0.39, 0.29) is 5.76 Å². The van der Waals surface area contributed by atoms with Crippen LogP contribution in [0.3, 0.4) is 0 Å². The van der Waals surface area contributed by atoms with Crippen molar-refractivity contribution >= 4 is 0 Å². The molecule has 5 heteroatoms. The van der Waals surface area contributed by atoms with Crippen LogP contribution in [0.4, 0.5) is 4.39 Å². The van der Waals surface area contributed by atoms with Gasteiger partial charge in [0.1, 0.15) is 30.5 Å². The van der Waals surface area contributed by atoms with Gasteiger partial charge in [-0.2, -0.15) is 0 Å². The molecular weight excluding hydrogens is 311 g/mol. The molecule has 0 amide bonds. The highest BCUT2D eigenvalue weighted by Crippen LogP contribution is 2.34. The van der Waals surface area contributed by atoms with Gasteiger partial charge >= 0.3 is 0 Å². The second-order valence-corrected chi connectivity index (χ2v) is 6.04.